The molecule has 36 heavy (non-hydrogen) atoms. The first-order chi connectivity index (χ1) is 17.6. The molecular formula is C29H23N3O4. The molecule has 0 aliphatic carbocycles. The summed E-state index contributed by atoms with van der Waals surface area (Å²) in [4.78, 5) is 31.4. The van der Waals surface area contributed by atoms with Gasteiger partial charge in [0.25, 0.3) is 11.8 Å². The van der Waals surface area contributed by atoms with Gasteiger partial charge in [0.05, 0.1) is 16.8 Å². The molecule has 0 aromatic heterocycles. The van der Waals surface area contributed by atoms with Gasteiger partial charge in [-0.25, -0.2) is 4.90 Å². The number of ether oxygens (including phenoxy) is 2. The maximum atomic E-state index is 13.0. The van der Waals surface area contributed by atoms with Crippen molar-refractivity contribution >= 4 is 34.0 Å². The van der Waals surface area contributed by atoms with Gasteiger partial charge < -0.3 is 14.4 Å². The number of anilines is 2. The summed E-state index contributed by atoms with van der Waals surface area (Å²) >= 11 is 0. The van der Waals surface area contributed by atoms with Gasteiger partial charge in [-0.2, -0.15) is 0 Å². The van der Waals surface area contributed by atoms with Crippen molar-refractivity contribution in [1.82, 2.24) is 4.90 Å². The van der Waals surface area contributed by atoms with Crippen LogP contribution in [-0.2, 0) is 13.1 Å². The van der Waals surface area contributed by atoms with E-state index in [-0.39, 0.29) is 11.8 Å². The van der Waals surface area contributed by atoms with Crippen molar-refractivity contribution in [3.63, 3.8) is 0 Å². The molecule has 0 fully saturated rings. The highest BCUT2D eigenvalue weighted by atomic mass is 16.5. The summed E-state index contributed by atoms with van der Waals surface area (Å²) in [6.45, 7) is 2.44. The average Bonchev–Trinajstić information content (AvgIpc) is 3.17. The molecule has 4 aromatic rings. The lowest BCUT2D eigenvalue weighted by Gasteiger charge is -2.33. The molecule has 178 valence electrons. The quantitative estimate of drug-likeness (QED) is 0.388. The molecule has 7 nitrogen and oxygen atoms in total. The Hall–Kier alpha value is -4.36. The molecule has 3 aliphatic rings. The molecule has 3 aliphatic heterocycles. The van der Waals surface area contributed by atoms with Crippen molar-refractivity contribution < 1.29 is 19.1 Å². The number of imide groups is 1. The molecule has 3 heterocycles. The highest BCUT2D eigenvalue weighted by Gasteiger charge is 2.36. The fourth-order valence-corrected chi connectivity index (χ4v) is 5.35. The zero-order valence-corrected chi connectivity index (χ0v) is 19.7. The molecule has 0 radical (unpaired) electrons. The van der Waals surface area contributed by atoms with Gasteiger partial charge >= 0.3 is 0 Å². The SMILES string of the molecule is CN1COc2c(ccc3c4c(ccc23)CN(c2cccc(N3C(=O)c5ccccc5C3=O)c2)CO4)C1. The van der Waals surface area contributed by atoms with E-state index in [1.54, 1.807) is 30.3 Å². The third-order valence-corrected chi connectivity index (χ3v) is 7.11. The normalized spacial score (nSPS) is 16.9. The smallest absolute Gasteiger partial charge is 0.266 e. The third-order valence-electron chi connectivity index (χ3n) is 7.11. The summed E-state index contributed by atoms with van der Waals surface area (Å²) in [5, 5.41) is 2.12. The lowest BCUT2D eigenvalue weighted by molar-refractivity contribution is 0.0926. The molecule has 0 saturated heterocycles. The van der Waals surface area contributed by atoms with Crippen molar-refractivity contribution in [2.24, 2.45) is 0 Å². The second-order valence-corrected chi connectivity index (χ2v) is 9.47. The van der Waals surface area contributed by atoms with Crippen LogP contribution in [0.5, 0.6) is 11.5 Å². The first kappa shape index (κ1) is 21.0. The lowest BCUT2D eigenvalue weighted by Crippen LogP contribution is -2.33. The monoisotopic (exact) mass is 477 g/mol. The van der Waals surface area contributed by atoms with Crippen LogP contribution in [0.2, 0.25) is 0 Å². The number of benzene rings is 4. The van der Waals surface area contributed by atoms with Crippen LogP contribution in [0.15, 0.2) is 72.8 Å². The van der Waals surface area contributed by atoms with Gasteiger partial charge in [-0.05, 0) is 37.4 Å². The fourth-order valence-electron chi connectivity index (χ4n) is 5.35. The van der Waals surface area contributed by atoms with Crippen LogP contribution < -0.4 is 19.3 Å². The number of hydrogen-bond donors (Lipinski definition) is 0. The van der Waals surface area contributed by atoms with Gasteiger partial charge in [0.2, 0.25) is 0 Å². The molecule has 0 spiro atoms. The van der Waals surface area contributed by atoms with E-state index in [4.69, 9.17) is 9.47 Å². The van der Waals surface area contributed by atoms with Gasteiger partial charge in [0, 0.05) is 40.7 Å². The zero-order valence-electron chi connectivity index (χ0n) is 19.7. The van der Waals surface area contributed by atoms with E-state index in [1.165, 1.54) is 10.5 Å². The first-order valence-corrected chi connectivity index (χ1v) is 11.9. The number of nitrogens with zero attached hydrogens (tertiary/aromatic N) is 3. The fraction of sp³-hybridized carbons (Fsp3) is 0.172. The molecule has 0 atom stereocenters. The minimum absolute atomic E-state index is 0.295. The minimum Gasteiger partial charge on any atom is -0.477 e. The second kappa shape index (κ2) is 7.83. The van der Waals surface area contributed by atoms with Crippen LogP contribution in [0.3, 0.4) is 0 Å². The Morgan fingerprint density at radius 1 is 0.667 bits per heavy atom. The van der Waals surface area contributed by atoms with E-state index < -0.39 is 0 Å². The minimum atomic E-state index is -0.295. The number of rotatable bonds is 2. The largest absolute Gasteiger partial charge is 0.477 e. The standard InChI is InChI=1S/C29H23N3O4/c1-30-14-18-9-11-23-22(26(18)35-16-30)12-10-19-15-31(17-36-27(19)23)20-5-4-6-21(13-20)32-28(33)24-7-2-3-8-25(24)29(32)34/h2-13H,14-17H2,1H3. The summed E-state index contributed by atoms with van der Waals surface area (Å²) in [6.07, 6.45) is 0. The Kier molecular flexibility index (Phi) is 4.56. The van der Waals surface area contributed by atoms with Crippen LogP contribution in [0.4, 0.5) is 11.4 Å². The zero-order chi connectivity index (χ0) is 24.4. The van der Waals surface area contributed by atoms with Crippen LogP contribution >= 0.6 is 0 Å². The van der Waals surface area contributed by atoms with Crippen LogP contribution in [0, 0.1) is 0 Å². The summed E-state index contributed by atoms with van der Waals surface area (Å²) in [6, 6.07) is 22.9. The summed E-state index contributed by atoms with van der Waals surface area (Å²) in [7, 11) is 2.04. The maximum Gasteiger partial charge on any atom is 0.266 e. The highest BCUT2D eigenvalue weighted by Crippen LogP contribution is 2.41. The van der Waals surface area contributed by atoms with E-state index in [9.17, 15) is 9.59 Å². The van der Waals surface area contributed by atoms with Crippen LogP contribution in [0.1, 0.15) is 31.8 Å². The van der Waals surface area contributed by atoms with E-state index in [0.717, 1.165) is 40.1 Å². The van der Waals surface area contributed by atoms with Crippen LogP contribution in [0.25, 0.3) is 10.8 Å². The highest BCUT2D eigenvalue weighted by molar-refractivity contribution is 6.34. The molecule has 0 unspecified atom stereocenters. The summed E-state index contributed by atoms with van der Waals surface area (Å²) in [5.74, 6) is 1.23. The van der Waals surface area contributed by atoms with Crippen molar-refractivity contribution in [3.05, 3.63) is 95.1 Å². The Labute approximate surface area is 208 Å². The average molecular weight is 478 g/mol. The number of carbonyl (C=O) groups excluding carboxylic acids is 2. The second-order valence-electron chi connectivity index (χ2n) is 9.47. The van der Waals surface area contributed by atoms with Crippen molar-refractivity contribution in [2.75, 3.05) is 30.3 Å². The van der Waals surface area contributed by atoms with E-state index in [2.05, 4.69) is 34.1 Å². The lowest BCUT2D eigenvalue weighted by atomic mass is 9.99. The van der Waals surface area contributed by atoms with Gasteiger partial charge in [0.15, 0.2) is 6.73 Å². The predicted molar refractivity (Wildman–Crippen MR) is 137 cm³/mol. The molecular weight excluding hydrogens is 454 g/mol. The maximum absolute atomic E-state index is 13.0. The molecule has 0 saturated carbocycles. The first-order valence-electron chi connectivity index (χ1n) is 11.9. The van der Waals surface area contributed by atoms with Crippen molar-refractivity contribution in [2.45, 2.75) is 13.1 Å². The van der Waals surface area contributed by atoms with Crippen molar-refractivity contribution in [1.29, 1.82) is 0 Å². The number of hydrogen-bond acceptors (Lipinski definition) is 6. The Bertz CT molecular complexity index is 1550. The van der Waals surface area contributed by atoms with E-state index in [1.807, 2.05) is 25.2 Å². The van der Waals surface area contributed by atoms with Gasteiger partial charge in [-0.15, -0.1) is 0 Å². The number of amides is 2. The molecule has 7 rings (SSSR count). The summed E-state index contributed by atoms with van der Waals surface area (Å²) in [5.41, 5.74) is 4.57. The topological polar surface area (TPSA) is 62.3 Å². The van der Waals surface area contributed by atoms with Crippen molar-refractivity contribution in [3.8, 4) is 11.5 Å². The number of fused-ring (bicyclic) bond motifs is 6. The third kappa shape index (κ3) is 3.09. The number of carbonyl (C=O) groups is 2. The molecule has 4 aromatic carbocycles. The Morgan fingerprint density at radius 2 is 1.28 bits per heavy atom. The van der Waals surface area contributed by atoms with Gasteiger partial charge in [0.1, 0.15) is 18.2 Å². The molecule has 0 N–H and O–H groups in total. The molecule has 7 heteroatoms. The van der Waals surface area contributed by atoms with Gasteiger partial charge in [-0.1, -0.05) is 42.5 Å². The van der Waals surface area contributed by atoms with Gasteiger partial charge in [-0.3, -0.25) is 14.5 Å². The molecule has 0 bridgehead atoms. The van der Waals surface area contributed by atoms with Crippen LogP contribution in [-0.4, -0.2) is 37.2 Å². The Morgan fingerprint density at radius 3 is 1.97 bits per heavy atom. The summed E-state index contributed by atoms with van der Waals surface area (Å²) < 4.78 is 12.3. The predicted octanol–water partition coefficient (Wildman–Crippen LogP) is 4.78. The van der Waals surface area contributed by atoms with E-state index in [0.29, 0.717) is 36.8 Å². The Balaban J connectivity index is 1.20. The molecule has 2 amide bonds. The van der Waals surface area contributed by atoms with E-state index >= 15 is 0 Å².